The Kier molecular flexibility index (Phi) is 5.85. The topological polar surface area (TPSA) is 67.1 Å². The van der Waals surface area contributed by atoms with E-state index in [0.717, 1.165) is 43.1 Å². The van der Waals surface area contributed by atoms with Crippen LogP contribution < -0.4 is 10.6 Å². The molecule has 2 aromatic rings. The Morgan fingerprint density at radius 2 is 2.19 bits per heavy atom. The summed E-state index contributed by atoms with van der Waals surface area (Å²) in [6, 6.07) is 5.25. The summed E-state index contributed by atoms with van der Waals surface area (Å²) in [6.45, 7) is 7.97. The SMILES string of the molecule is CCNC(=NCc1nnc2n1CCCC2)NC(C)c1ccc(C)c(F)c1. The fraction of sp³-hybridized carbons (Fsp3) is 0.526. The van der Waals surface area contributed by atoms with E-state index in [1.165, 1.54) is 6.42 Å². The van der Waals surface area contributed by atoms with Crippen molar-refractivity contribution >= 4 is 5.96 Å². The number of guanidine groups is 1. The molecule has 1 aromatic carbocycles. The highest BCUT2D eigenvalue weighted by Crippen LogP contribution is 2.17. The number of hydrogen-bond acceptors (Lipinski definition) is 3. The van der Waals surface area contributed by atoms with Crippen molar-refractivity contribution < 1.29 is 4.39 Å². The first-order valence-electron chi connectivity index (χ1n) is 9.30. The van der Waals surface area contributed by atoms with Crippen LogP contribution in [0.5, 0.6) is 0 Å². The van der Waals surface area contributed by atoms with Crippen LogP contribution in [0.3, 0.4) is 0 Å². The molecule has 7 heteroatoms. The lowest BCUT2D eigenvalue weighted by molar-refractivity contribution is 0.508. The summed E-state index contributed by atoms with van der Waals surface area (Å²) in [4.78, 5) is 4.65. The lowest BCUT2D eigenvalue weighted by atomic mass is 10.1. The molecule has 140 valence electrons. The molecular weight excluding hydrogens is 331 g/mol. The smallest absolute Gasteiger partial charge is 0.192 e. The molecule has 0 radical (unpaired) electrons. The summed E-state index contributed by atoms with van der Waals surface area (Å²) < 4.78 is 16.0. The first-order chi connectivity index (χ1) is 12.6. The summed E-state index contributed by atoms with van der Waals surface area (Å²) in [5, 5.41) is 15.1. The molecule has 1 atom stereocenters. The minimum atomic E-state index is -0.187. The zero-order chi connectivity index (χ0) is 18.5. The van der Waals surface area contributed by atoms with Crippen LogP contribution in [-0.2, 0) is 19.5 Å². The molecule has 0 aliphatic carbocycles. The first kappa shape index (κ1) is 18.4. The Bertz CT molecular complexity index is 782. The van der Waals surface area contributed by atoms with Crippen molar-refractivity contribution in [2.24, 2.45) is 4.99 Å². The third-order valence-electron chi connectivity index (χ3n) is 4.71. The molecule has 0 saturated carbocycles. The van der Waals surface area contributed by atoms with Crippen LogP contribution in [-0.4, -0.2) is 27.3 Å². The molecule has 1 aromatic heterocycles. The van der Waals surface area contributed by atoms with Gasteiger partial charge in [0.05, 0.1) is 6.04 Å². The van der Waals surface area contributed by atoms with E-state index < -0.39 is 0 Å². The van der Waals surface area contributed by atoms with Gasteiger partial charge in [0.1, 0.15) is 18.2 Å². The van der Waals surface area contributed by atoms with E-state index in [0.29, 0.717) is 18.1 Å². The van der Waals surface area contributed by atoms with Gasteiger partial charge < -0.3 is 15.2 Å². The Morgan fingerprint density at radius 3 is 2.96 bits per heavy atom. The van der Waals surface area contributed by atoms with E-state index in [-0.39, 0.29) is 11.9 Å². The van der Waals surface area contributed by atoms with Gasteiger partial charge in [-0.05, 0) is 50.8 Å². The van der Waals surface area contributed by atoms with Crippen LogP contribution in [0.4, 0.5) is 4.39 Å². The summed E-state index contributed by atoms with van der Waals surface area (Å²) >= 11 is 0. The number of aliphatic imine (C=N–C) groups is 1. The van der Waals surface area contributed by atoms with Crippen LogP contribution in [0.15, 0.2) is 23.2 Å². The van der Waals surface area contributed by atoms with Crippen molar-refractivity contribution in [3.63, 3.8) is 0 Å². The van der Waals surface area contributed by atoms with Crippen molar-refractivity contribution in [3.8, 4) is 0 Å². The second-order valence-electron chi connectivity index (χ2n) is 6.71. The van der Waals surface area contributed by atoms with Gasteiger partial charge in [0.15, 0.2) is 11.8 Å². The van der Waals surface area contributed by atoms with Gasteiger partial charge in [-0.3, -0.25) is 0 Å². The number of aromatic nitrogens is 3. The summed E-state index contributed by atoms with van der Waals surface area (Å²) in [5.74, 6) is 2.45. The third-order valence-corrected chi connectivity index (χ3v) is 4.71. The van der Waals surface area contributed by atoms with Gasteiger partial charge in [-0.15, -0.1) is 10.2 Å². The molecule has 1 aliphatic rings. The molecule has 0 saturated heterocycles. The molecule has 0 amide bonds. The quantitative estimate of drug-likeness (QED) is 0.637. The van der Waals surface area contributed by atoms with Crippen LogP contribution in [0.2, 0.25) is 0 Å². The van der Waals surface area contributed by atoms with Crippen LogP contribution in [0.1, 0.15) is 55.5 Å². The summed E-state index contributed by atoms with van der Waals surface area (Å²) in [6.07, 6.45) is 3.33. The Morgan fingerprint density at radius 1 is 1.35 bits per heavy atom. The second kappa shape index (κ2) is 8.29. The molecule has 1 aliphatic heterocycles. The molecule has 2 N–H and O–H groups in total. The molecule has 26 heavy (non-hydrogen) atoms. The number of nitrogens with zero attached hydrogens (tertiary/aromatic N) is 4. The van der Waals surface area contributed by atoms with Gasteiger partial charge >= 0.3 is 0 Å². The highest BCUT2D eigenvalue weighted by atomic mass is 19.1. The summed E-state index contributed by atoms with van der Waals surface area (Å²) in [5.41, 5.74) is 1.54. The molecule has 0 bridgehead atoms. The molecule has 6 nitrogen and oxygen atoms in total. The zero-order valence-electron chi connectivity index (χ0n) is 15.7. The predicted molar refractivity (Wildman–Crippen MR) is 100 cm³/mol. The number of aryl methyl sites for hydroxylation is 2. The molecule has 3 rings (SSSR count). The van der Waals surface area contributed by atoms with Crippen molar-refractivity contribution in [1.29, 1.82) is 0 Å². The van der Waals surface area contributed by atoms with Crippen molar-refractivity contribution in [1.82, 2.24) is 25.4 Å². The van der Waals surface area contributed by atoms with E-state index in [1.807, 2.05) is 19.9 Å². The van der Waals surface area contributed by atoms with Crippen molar-refractivity contribution in [2.75, 3.05) is 6.54 Å². The van der Waals surface area contributed by atoms with Crippen LogP contribution >= 0.6 is 0 Å². The second-order valence-corrected chi connectivity index (χ2v) is 6.71. The van der Waals surface area contributed by atoms with E-state index in [4.69, 9.17) is 0 Å². The Hall–Kier alpha value is -2.44. The average Bonchev–Trinajstić information content (AvgIpc) is 3.05. The van der Waals surface area contributed by atoms with E-state index in [2.05, 4.69) is 30.4 Å². The Balaban J connectivity index is 1.70. The maximum absolute atomic E-state index is 13.8. The van der Waals surface area contributed by atoms with Gasteiger partial charge in [-0.25, -0.2) is 9.38 Å². The molecule has 1 unspecified atom stereocenters. The Labute approximate surface area is 153 Å². The lowest BCUT2D eigenvalue weighted by Crippen LogP contribution is -2.38. The van der Waals surface area contributed by atoms with Crippen LogP contribution in [0.25, 0.3) is 0 Å². The van der Waals surface area contributed by atoms with E-state index in [1.54, 1.807) is 19.1 Å². The maximum atomic E-state index is 13.8. The number of rotatable bonds is 5. The van der Waals surface area contributed by atoms with Crippen LogP contribution in [0, 0.1) is 12.7 Å². The van der Waals surface area contributed by atoms with Gasteiger partial charge in [0.2, 0.25) is 0 Å². The van der Waals surface area contributed by atoms with Crippen molar-refractivity contribution in [3.05, 3.63) is 46.8 Å². The summed E-state index contributed by atoms with van der Waals surface area (Å²) in [7, 11) is 0. The lowest BCUT2D eigenvalue weighted by Gasteiger charge is -2.19. The number of fused-ring (bicyclic) bond motifs is 1. The van der Waals surface area contributed by atoms with Gasteiger partial charge in [-0.2, -0.15) is 0 Å². The maximum Gasteiger partial charge on any atom is 0.192 e. The first-order valence-corrected chi connectivity index (χ1v) is 9.30. The highest BCUT2D eigenvalue weighted by Gasteiger charge is 2.16. The fourth-order valence-corrected chi connectivity index (χ4v) is 3.12. The van der Waals surface area contributed by atoms with Crippen molar-refractivity contribution in [2.45, 2.75) is 59.2 Å². The van der Waals surface area contributed by atoms with E-state index in [9.17, 15) is 4.39 Å². The standard InChI is InChI=1S/C19H27FN6/c1-4-21-19(23-14(3)15-9-8-13(2)16(20)11-15)22-12-18-25-24-17-7-5-6-10-26(17)18/h8-9,11,14H,4-7,10,12H2,1-3H3,(H2,21,22,23). The van der Waals surface area contributed by atoms with Gasteiger partial charge in [-0.1, -0.05) is 12.1 Å². The minimum Gasteiger partial charge on any atom is -0.357 e. The monoisotopic (exact) mass is 358 g/mol. The van der Waals surface area contributed by atoms with E-state index >= 15 is 0 Å². The fourth-order valence-electron chi connectivity index (χ4n) is 3.12. The zero-order valence-corrected chi connectivity index (χ0v) is 15.7. The number of benzene rings is 1. The predicted octanol–water partition coefficient (Wildman–Crippen LogP) is 2.88. The molecular formula is C19H27FN6. The normalized spacial score (nSPS) is 15.5. The highest BCUT2D eigenvalue weighted by molar-refractivity contribution is 5.80. The molecule has 0 fully saturated rings. The number of halogens is 1. The number of nitrogens with one attached hydrogen (secondary N) is 2. The van der Waals surface area contributed by atoms with Gasteiger partial charge in [0.25, 0.3) is 0 Å². The number of hydrogen-bond donors (Lipinski definition) is 2. The van der Waals surface area contributed by atoms with Gasteiger partial charge in [0, 0.05) is 19.5 Å². The average molecular weight is 358 g/mol. The largest absolute Gasteiger partial charge is 0.357 e. The molecule has 0 spiro atoms. The third kappa shape index (κ3) is 4.20. The minimum absolute atomic E-state index is 0.0600. The molecule has 2 heterocycles.